The van der Waals surface area contributed by atoms with Gasteiger partial charge in [0.05, 0.1) is 37.1 Å². The smallest absolute Gasteiger partial charge is 0.488 e. The molecule has 0 bridgehead atoms. The summed E-state index contributed by atoms with van der Waals surface area (Å²) in [4.78, 5) is 0. The quantitative estimate of drug-likeness (QED) is 0.0438. The highest BCUT2D eigenvalue weighted by atomic mass is 19.4. The minimum Gasteiger partial charge on any atom is -0.488 e. The lowest BCUT2D eigenvalue weighted by atomic mass is 9.91. The van der Waals surface area contributed by atoms with Gasteiger partial charge in [-0.1, -0.05) is 113 Å². The summed E-state index contributed by atoms with van der Waals surface area (Å²) in [5.74, 6) is -32.8. The third-order valence-corrected chi connectivity index (χ3v) is 19.1. The maximum absolute atomic E-state index is 14.8. The Morgan fingerprint density at radius 3 is 1.13 bits per heavy atom. The van der Waals surface area contributed by atoms with Crippen LogP contribution in [0.3, 0.4) is 0 Å². The standard InChI is InChI=1S/C27H23F7O2.C26H22F6O3.C22H15F7O.C15H9F7O2/c1-2-3-15-4-9-24(35-14-15)17-7-5-16(6-8-17)18-10-20(28)25(21(29)11-18)27(33,34)36-19-12-22(30)26(32)23(31)13-19;1-2-3-15-13-33-25(34-14-15)17-6-9-20(21(27)10-17)16-4-7-18(8-5-16)26(31,32)35-19-11-22(28)24(30)23(29)12-19;1-2-3-12-4-6-13(7-5-12)14-8-16(23)20(17(24)9-14)22(28,29)30-15-10-18(25)21(27)19(26)11-15;1-7-2-10(16)9(11(17)3-7)6-23-8-4-12(18)14(13(19)5-8)24-15(20,21)22/h5-8,10-13,15,24H,2-4,9,14H2,1H3;4-12,15,25H,2-3,13-14H2,1H3;4-11H,2-3H2,1H3;2-5H,6H2,1H3. The Labute approximate surface area is 695 Å². The lowest BCUT2D eigenvalue weighted by Gasteiger charge is -2.29. The Balaban J connectivity index is 0.000000176. The average molecular weight is 1790 g/mol. The maximum Gasteiger partial charge on any atom is 0.573 e. The van der Waals surface area contributed by atoms with Crippen LogP contribution in [0.25, 0.3) is 33.4 Å². The molecule has 0 amide bonds. The van der Waals surface area contributed by atoms with E-state index >= 15 is 0 Å². The average Bonchev–Trinajstić information content (AvgIpc) is 0.780. The van der Waals surface area contributed by atoms with Crippen molar-refractivity contribution in [2.24, 2.45) is 11.8 Å². The first-order valence-corrected chi connectivity index (χ1v) is 37.8. The molecule has 2 saturated heterocycles. The van der Waals surface area contributed by atoms with Crippen molar-refractivity contribution in [1.29, 1.82) is 0 Å². The summed E-state index contributed by atoms with van der Waals surface area (Å²) in [6, 6.07) is 29.4. The second-order valence-corrected chi connectivity index (χ2v) is 28.4. The van der Waals surface area contributed by atoms with Crippen LogP contribution in [0, 0.1) is 123 Å². The van der Waals surface area contributed by atoms with E-state index in [0.717, 1.165) is 86.8 Å². The van der Waals surface area contributed by atoms with E-state index in [1.807, 2.05) is 6.92 Å². The molecule has 0 aliphatic carbocycles. The Morgan fingerprint density at radius 1 is 0.336 bits per heavy atom. The molecule has 2 heterocycles. The maximum atomic E-state index is 14.8. The van der Waals surface area contributed by atoms with Gasteiger partial charge in [0.25, 0.3) is 0 Å². The molecule has 2 aliphatic heterocycles. The van der Waals surface area contributed by atoms with Crippen molar-refractivity contribution in [2.45, 2.75) is 123 Å². The van der Waals surface area contributed by atoms with Crippen LogP contribution in [0.1, 0.15) is 123 Å². The second-order valence-electron chi connectivity index (χ2n) is 28.4. The van der Waals surface area contributed by atoms with E-state index in [1.165, 1.54) is 31.2 Å². The summed E-state index contributed by atoms with van der Waals surface area (Å²) in [5, 5.41) is 0. The molecule has 35 heteroatoms. The number of halogens is 27. The first kappa shape index (κ1) is 95.6. The molecule has 0 N–H and O–H groups in total. The van der Waals surface area contributed by atoms with Gasteiger partial charge in [-0.2, -0.15) is 26.3 Å². The monoisotopic (exact) mass is 1790 g/mol. The highest BCUT2D eigenvalue weighted by Gasteiger charge is 2.44. The molecule has 0 radical (unpaired) electrons. The fraction of sp³-hybridized carbons (Fsp3) is 0.267. The van der Waals surface area contributed by atoms with E-state index in [4.69, 9.17) is 18.9 Å². The molecule has 11 aromatic carbocycles. The number of ether oxygens (including phenoxy) is 8. The molecule has 2 fully saturated rings. The predicted molar refractivity (Wildman–Crippen MR) is 400 cm³/mol. The first-order chi connectivity index (χ1) is 58.9. The van der Waals surface area contributed by atoms with Crippen molar-refractivity contribution in [3.63, 3.8) is 0 Å². The zero-order chi connectivity index (χ0) is 91.3. The van der Waals surface area contributed by atoms with Crippen LogP contribution in [0.4, 0.5) is 119 Å². The van der Waals surface area contributed by atoms with Crippen molar-refractivity contribution >= 4 is 0 Å². The van der Waals surface area contributed by atoms with E-state index in [1.54, 1.807) is 54.6 Å². The van der Waals surface area contributed by atoms with E-state index < -0.39 is 193 Å². The molecule has 2 unspecified atom stereocenters. The SMILES string of the molecule is CCCC1CCC(c2ccc(-c3cc(F)c(C(F)(F)Oc4cc(F)c(F)c(F)c4)c(F)c3)cc2)OC1.CCCC1COC(c2ccc(-c3ccc(C(F)(F)Oc4cc(F)c(F)c(F)c4)cc3)c(F)c2)OC1.CCCc1ccc(-c2cc(F)c(C(F)(F)Oc3cc(F)c(F)c(F)c3)c(F)c2)cc1.Cc1cc(F)c(COc2cc(F)c(OC(F)(F)F)c(F)c2)c(F)c1. The van der Waals surface area contributed by atoms with Crippen LogP contribution in [0.5, 0.6) is 28.7 Å². The molecule has 0 spiro atoms. The third-order valence-electron chi connectivity index (χ3n) is 19.1. The lowest BCUT2D eigenvalue weighted by molar-refractivity contribution is -0.276. The van der Waals surface area contributed by atoms with Crippen molar-refractivity contribution in [3.8, 4) is 62.1 Å². The molecule has 13 rings (SSSR count). The molecular weight excluding hydrogens is 1720 g/mol. The molecule has 2 aliphatic rings. The number of hydrogen-bond acceptors (Lipinski definition) is 8. The first-order valence-electron chi connectivity index (χ1n) is 37.8. The van der Waals surface area contributed by atoms with Crippen molar-refractivity contribution in [1.82, 2.24) is 0 Å². The van der Waals surface area contributed by atoms with Gasteiger partial charge in [0.15, 0.2) is 70.3 Å². The molecule has 0 saturated carbocycles. The highest BCUT2D eigenvalue weighted by Crippen LogP contribution is 2.44. The molecule has 8 nitrogen and oxygen atoms in total. The Kier molecular flexibility index (Phi) is 31.4. The van der Waals surface area contributed by atoms with Crippen LogP contribution in [-0.4, -0.2) is 26.2 Å². The van der Waals surface area contributed by atoms with E-state index in [2.05, 4.69) is 32.8 Å². The molecule has 11 aromatic rings. The van der Waals surface area contributed by atoms with Crippen LogP contribution >= 0.6 is 0 Å². The van der Waals surface area contributed by atoms with Crippen molar-refractivity contribution in [3.05, 3.63) is 325 Å². The van der Waals surface area contributed by atoms with Gasteiger partial charge in [0, 0.05) is 65.6 Å². The molecule has 666 valence electrons. The topological polar surface area (TPSA) is 73.8 Å². The normalized spacial score (nSPS) is 15.4. The zero-order valence-corrected chi connectivity index (χ0v) is 65.5. The van der Waals surface area contributed by atoms with E-state index in [-0.39, 0.29) is 47.1 Å². The minimum atomic E-state index is -5.28. The van der Waals surface area contributed by atoms with Gasteiger partial charge in [-0.25, -0.2) is 79.0 Å². The third kappa shape index (κ3) is 24.7. The summed E-state index contributed by atoms with van der Waals surface area (Å²) in [7, 11) is 0. The summed E-state index contributed by atoms with van der Waals surface area (Å²) in [6.45, 7) is 8.67. The molecular formula is C90H69F27O8. The summed E-state index contributed by atoms with van der Waals surface area (Å²) >= 11 is 0. The van der Waals surface area contributed by atoms with Gasteiger partial charge in [-0.15, -0.1) is 13.2 Å². The fourth-order valence-electron chi connectivity index (χ4n) is 13.1. The van der Waals surface area contributed by atoms with Crippen LogP contribution in [0.2, 0.25) is 0 Å². The van der Waals surface area contributed by atoms with Gasteiger partial charge in [0.1, 0.15) is 81.5 Å². The Morgan fingerprint density at radius 2 is 0.728 bits per heavy atom. The van der Waals surface area contributed by atoms with Gasteiger partial charge >= 0.3 is 24.7 Å². The largest absolute Gasteiger partial charge is 0.573 e. The van der Waals surface area contributed by atoms with Gasteiger partial charge < -0.3 is 37.9 Å². The lowest BCUT2D eigenvalue weighted by Crippen LogP contribution is -2.27. The minimum absolute atomic E-state index is 0.00236. The van der Waals surface area contributed by atoms with E-state index in [0.29, 0.717) is 108 Å². The Bertz CT molecular complexity index is 5400. The number of rotatable bonds is 24. The second kappa shape index (κ2) is 41.0. The molecule has 0 aromatic heterocycles. The van der Waals surface area contributed by atoms with Crippen molar-refractivity contribution < 1.29 is 156 Å². The van der Waals surface area contributed by atoms with Gasteiger partial charge in [-0.05, 0) is 144 Å². The van der Waals surface area contributed by atoms with Crippen LogP contribution < -0.4 is 23.7 Å². The number of aryl methyl sites for hydroxylation is 2. The van der Waals surface area contributed by atoms with Crippen LogP contribution in [0.15, 0.2) is 176 Å². The number of alkyl halides is 9. The molecule has 125 heavy (non-hydrogen) atoms. The zero-order valence-electron chi connectivity index (χ0n) is 65.5. The van der Waals surface area contributed by atoms with E-state index in [9.17, 15) is 119 Å². The molecule has 2 atom stereocenters. The fourth-order valence-corrected chi connectivity index (χ4v) is 13.1. The highest BCUT2D eigenvalue weighted by molar-refractivity contribution is 5.67. The number of benzene rings is 11. The van der Waals surface area contributed by atoms with Crippen LogP contribution in [-0.2, 0) is 45.6 Å². The summed E-state index contributed by atoms with van der Waals surface area (Å²) in [5.41, 5.74) is -0.559. The predicted octanol–water partition coefficient (Wildman–Crippen LogP) is 28.1. The summed E-state index contributed by atoms with van der Waals surface area (Å²) in [6.07, 6.45) is -11.4. The van der Waals surface area contributed by atoms with Gasteiger partial charge in [-0.3, -0.25) is 0 Å². The number of hydrogen-bond donors (Lipinski definition) is 0. The summed E-state index contributed by atoms with van der Waals surface area (Å²) < 4.78 is 407. The Hall–Kier alpha value is -11.6. The van der Waals surface area contributed by atoms with Crippen molar-refractivity contribution in [2.75, 3.05) is 19.8 Å². The van der Waals surface area contributed by atoms with Gasteiger partial charge in [0.2, 0.25) is 5.75 Å².